The number of hydrogen-bond acceptors (Lipinski definition) is 6. The van der Waals surface area contributed by atoms with E-state index in [1.165, 1.54) is 0 Å². The zero-order valence-corrected chi connectivity index (χ0v) is 13.6. The van der Waals surface area contributed by atoms with Crippen LogP contribution in [-0.4, -0.2) is 30.1 Å². The van der Waals surface area contributed by atoms with Gasteiger partial charge in [0.1, 0.15) is 11.5 Å². The van der Waals surface area contributed by atoms with Gasteiger partial charge in [-0.05, 0) is 26.0 Å². The second kappa shape index (κ2) is 7.44. The number of nitrogens with one attached hydrogen (secondary N) is 2. The van der Waals surface area contributed by atoms with Crippen molar-refractivity contribution >= 4 is 11.9 Å². The summed E-state index contributed by atoms with van der Waals surface area (Å²) in [5.74, 6) is 1.41. The molecule has 0 aliphatic carbocycles. The van der Waals surface area contributed by atoms with Crippen molar-refractivity contribution < 1.29 is 14.3 Å². The molecule has 0 spiro atoms. The molecule has 0 unspecified atom stereocenters. The van der Waals surface area contributed by atoms with E-state index in [9.17, 15) is 4.79 Å². The summed E-state index contributed by atoms with van der Waals surface area (Å²) in [5, 5.41) is 0. The molecule has 122 valence electrons. The summed E-state index contributed by atoms with van der Waals surface area (Å²) in [6.45, 7) is 3.73. The van der Waals surface area contributed by atoms with Crippen molar-refractivity contribution in [2.45, 2.75) is 20.3 Å². The largest absolute Gasteiger partial charge is 0.497 e. The maximum absolute atomic E-state index is 12.1. The lowest BCUT2D eigenvalue weighted by atomic mass is 10.1. The summed E-state index contributed by atoms with van der Waals surface area (Å²) in [5.41, 5.74) is 7.71. The third-order valence-electron chi connectivity index (χ3n) is 3.14. The molecule has 1 amide bonds. The van der Waals surface area contributed by atoms with Crippen LogP contribution in [0.1, 0.15) is 17.0 Å². The van der Waals surface area contributed by atoms with E-state index in [0.717, 1.165) is 17.0 Å². The SMILES string of the molecule is COc1ccc(CC(=O)NNc2nc(C)cc(C)n2)c(OC)c1. The van der Waals surface area contributed by atoms with Crippen molar-refractivity contribution in [3.63, 3.8) is 0 Å². The highest BCUT2D eigenvalue weighted by Gasteiger charge is 2.10. The molecule has 2 aromatic rings. The van der Waals surface area contributed by atoms with Gasteiger partial charge in [0.05, 0.1) is 20.6 Å². The smallest absolute Gasteiger partial charge is 0.242 e. The highest BCUT2D eigenvalue weighted by Crippen LogP contribution is 2.24. The Kier molecular flexibility index (Phi) is 5.35. The van der Waals surface area contributed by atoms with Crippen LogP contribution in [0.4, 0.5) is 5.95 Å². The van der Waals surface area contributed by atoms with E-state index < -0.39 is 0 Å². The molecule has 0 aliphatic heterocycles. The number of nitrogens with zero attached hydrogens (tertiary/aromatic N) is 2. The number of benzene rings is 1. The standard InChI is InChI=1S/C16H20N4O3/c1-10-7-11(2)18-16(17-10)20-19-15(21)8-12-5-6-13(22-3)9-14(12)23-4/h5-7,9H,8H2,1-4H3,(H,19,21)(H,17,18,20). The van der Waals surface area contributed by atoms with Crippen molar-refractivity contribution in [3.8, 4) is 11.5 Å². The average molecular weight is 316 g/mol. The molecule has 1 heterocycles. The molecule has 7 nitrogen and oxygen atoms in total. The second-order valence-electron chi connectivity index (χ2n) is 5.00. The van der Waals surface area contributed by atoms with Crippen LogP contribution in [0, 0.1) is 13.8 Å². The number of rotatable bonds is 6. The number of methoxy groups -OCH3 is 2. The van der Waals surface area contributed by atoms with Crippen LogP contribution in [-0.2, 0) is 11.2 Å². The minimum absolute atomic E-state index is 0.158. The lowest BCUT2D eigenvalue weighted by Gasteiger charge is -2.11. The van der Waals surface area contributed by atoms with Crippen molar-refractivity contribution in [2.75, 3.05) is 19.6 Å². The molecule has 0 bridgehead atoms. The van der Waals surface area contributed by atoms with Crippen LogP contribution in [0.15, 0.2) is 24.3 Å². The Labute approximate surface area is 135 Å². The molecule has 2 N–H and O–H groups in total. The first-order valence-corrected chi connectivity index (χ1v) is 7.10. The van der Waals surface area contributed by atoms with Gasteiger partial charge in [0, 0.05) is 23.0 Å². The van der Waals surface area contributed by atoms with Gasteiger partial charge in [-0.25, -0.2) is 9.97 Å². The van der Waals surface area contributed by atoms with Crippen LogP contribution in [0.5, 0.6) is 11.5 Å². The number of hydrazine groups is 1. The Balaban J connectivity index is 1.99. The highest BCUT2D eigenvalue weighted by atomic mass is 16.5. The van der Waals surface area contributed by atoms with Gasteiger partial charge in [-0.1, -0.05) is 6.07 Å². The van der Waals surface area contributed by atoms with Gasteiger partial charge in [-0.2, -0.15) is 0 Å². The lowest BCUT2D eigenvalue weighted by molar-refractivity contribution is -0.120. The van der Waals surface area contributed by atoms with Crippen LogP contribution < -0.4 is 20.3 Å². The van der Waals surface area contributed by atoms with Gasteiger partial charge in [-0.15, -0.1) is 0 Å². The molecule has 0 fully saturated rings. The zero-order chi connectivity index (χ0) is 16.8. The van der Waals surface area contributed by atoms with Gasteiger partial charge in [0.2, 0.25) is 11.9 Å². The fourth-order valence-electron chi connectivity index (χ4n) is 2.12. The normalized spacial score (nSPS) is 10.1. The first kappa shape index (κ1) is 16.5. The van der Waals surface area contributed by atoms with Crippen LogP contribution in [0.25, 0.3) is 0 Å². The maximum Gasteiger partial charge on any atom is 0.242 e. The molecule has 23 heavy (non-hydrogen) atoms. The summed E-state index contributed by atoms with van der Waals surface area (Å²) < 4.78 is 10.4. The lowest BCUT2D eigenvalue weighted by Crippen LogP contribution is -2.31. The molecule has 0 radical (unpaired) electrons. The highest BCUT2D eigenvalue weighted by molar-refractivity contribution is 5.80. The first-order chi connectivity index (χ1) is 11.0. The maximum atomic E-state index is 12.1. The van der Waals surface area contributed by atoms with Crippen LogP contribution in [0.2, 0.25) is 0 Å². The third-order valence-corrected chi connectivity index (χ3v) is 3.14. The molecular weight excluding hydrogens is 296 g/mol. The summed E-state index contributed by atoms with van der Waals surface area (Å²) >= 11 is 0. The van der Waals surface area contributed by atoms with Crippen LogP contribution in [0.3, 0.4) is 0 Å². The molecule has 0 aliphatic rings. The number of aromatic nitrogens is 2. The summed E-state index contributed by atoms with van der Waals surface area (Å²) in [7, 11) is 3.13. The molecule has 0 saturated carbocycles. The van der Waals surface area contributed by atoms with E-state index in [4.69, 9.17) is 9.47 Å². The Hall–Kier alpha value is -2.83. The molecule has 2 rings (SSSR count). The summed E-state index contributed by atoms with van der Waals surface area (Å²) in [4.78, 5) is 20.4. The van der Waals surface area contributed by atoms with E-state index in [1.807, 2.05) is 19.9 Å². The Bertz CT molecular complexity index is 683. The number of aryl methyl sites for hydroxylation is 2. The monoisotopic (exact) mass is 316 g/mol. The number of carbonyl (C=O) groups is 1. The fraction of sp³-hybridized carbons (Fsp3) is 0.312. The molecule has 1 aromatic heterocycles. The van der Waals surface area contributed by atoms with E-state index >= 15 is 0 Å². The third kappa shape index (κ3) is 4.57. The van der Waals surface area contributed by atoms with Gasteiger partial charge >= 0.3 is 0 Å². The van der Waals surface area contributed by atoms with Crippen molar-refractivity contribution in [1.82, 2.24) is 15.4 Å². The van der Waals surface area contributed by atoms with Gasteiger partial charge in [0.15, 0.2) is 0 Å². The van der Waals surface area contributed by atoms with E-state index in [1.54, 1.807) is 32.4 Å². The molecule has 1 aromatic carbocycles. The minimum Gasteiger partial charge on any atom is -0.497 e. The topological polar surface area (TPSA) is 85.4 Å². The summed E-state index contributed by atoms with van der Waals surface area (Å²) in [6.07, 6.45) is 0.158. The molecule has 7 heteroatoms. The van der Waals surface area contributed by atoms with E-state index in [2.05, 4.69) is 20.8 Å². The molecule has 0 atom stereocenters. The predicted molar refractivity (Wildman–Crippen MR) is 86.5 cm³/mol. The Morgan fingerprint density at radius 1 is 1.09 bits per heavy atom. The summed E-state index contributed by atoms with van der Waals surface area (Å²) in [6, 6.07) is 7.18. The van der Waals surface area contributed by atoms with Crippen LogP contribution >= 0.6 is 0 Å². The molecule has 0 saturated heterocycles. The van der Waals surface area contributed by atoms with Gasteiger partial charge < -0.3 is 9.47 Å². The number of hydrogen-bond donors (Lipinski definition) is 2. The first-order valence-electron chi connectivity index (χ1n) is 7.10. The average Bonchev–Trinajstić information content (AvgIpc) is 2.52. The number of amides is 1. The van der Waals surface area contributed by atoms with Crippen molar-refractivity contribution in [3.05, 3.63) is 41.2 Å². The number of anilines is 1. The number of carbonyl (C=O) groups excluding carboxylic acids is 1. The second-order valence-corrected chi connectivity index (χ2v) is 5.00. The van der Waals surface area contributed by atoms with E-state index in [0.29, 0.717) is 17.4 Å². The molecular formula is C16H20N4O3. The quantitative estimate of drug-likeness (QED) is 0.790. The predicted octanol–water partition coefficient (Wildman–Crippen LogP) is 1.80. The number of ether oxygens (including phenoxy) is 2. The van der Waals surface area contributed by atoms with Crippen molar-refractivity contribution in [2.24, 2.45) is 0 Å². The fourth-order valence-corrected chi connectivity index (χ4v) is 2.12. The Morgan fingerprint density at radius 3 is 2.39 bits per heavy atom. The minimum atomic E-state index is -0.226. The van der Waals surface area contributed by atoms with E-state index in [-0.39, 0.29) is 12.3 Å². The van der Waals surface area contributed by atoms with Gasteiger partial charge in [-0.3, -0.25) is 15.6 Å². The zero-order valence-electron chi connectivity index (χ0n) is 13.6. The van der Waals surface area contributed by atoms with Gasteiger partial charge in [0.25, 0.3) is 0 Å². The Morgan fingerprint density at radius 2 is 1.78 bits per heavy atom. The van der Waals surface area contributed by atoms with Crippen molar-refractivity contribution in [1.29, 1.82) is 0 Å².